The Balaban J connectivity index is 1.38. The van der Waals surface area contributed by atoms with Gasteiger partial charge in [0.25, 0.3) is 5.56 Å². The van der Waals surface area contributed by atoms with Crippen LogP contribution in [0.5, 0.6) is 0 Å². The maximum atomic E-state index is 13.3. The van der Waals surface area contributed by atoms with Gasteiger partial charge >= 0.3 is 0 Å². The molecule has 2 aromatic carbocycles. The fourth-order valence-corrected chi connectivity index (χ4v) is 4.88. The molecule has 0 atom stereocenters. The summed E-state index contributed by atoms with van der Waals surface area (Å²) in [5.74, 6) is 0.527. The van der Waals surface area contributed by atoms with Crippen molar-refractivity contribution in [3.8, 4) is 11.4 Å². The number of aryl methyl sites for hydroxylation is 1. The number of halogens is 1. The highest BCUT2D eigenvalue weighted by Gasteiger charge is 2.19. The molecule has 0 spiro atoms. The summed E-state index contributed by atoms with van der Waals surface area (Å²) in [4.78, 5) is 30.9. The van der Waals surface area contributed by atoms with Gasteiger partial charge in [-0.2, -0.15) is 0 Å². The number of fused-ring (bicyclic) bond motifs is 2. The van der Waals surface area contributed by atoms with Gasteiger partial charge in [0.15, 0.2) is 0 Å². The van der Waals surface area contributed by atoms with Gasteiger partial charge < -0.3 is 29.5 Å². The molecule has 5 aromatic rings. The van der Waals surface area contributed by atoms with E-state index in [1.54, 1.807) is 18.6 Å². The van der Waals surface area contributed by atoms with Crippen molar-refractivity contribution in [1.29, 1.82) is 0 Å². The Labute approximate surface area is 212 Å². The molecule has 0 bridgehead atoms. The molecule has 0 saturated carbocycles. The molecule has 6 rings (SSSR count). The molecule has 0 unspecified atom stereocenters. The second kappa shape index (κ2) is 9.67. The third kappa shape index (κ3) is 4.43. The van der Waals surface area contributed by atoms with Gasteiger partial charge in [0.1, 0.15) is 11.4 Å². The third-order valence-electron chi connectivity index (χ3n) is 6.51. The summed E-state index contributed by atoms with van der Waals surface area (Å²) >= 11 is 6.21. The zero-order valence-corrected chi connectivity index (χ0v) is 20.4. The summed E-state index contributed by atoms with van der Waals surface area (Å²) in [6.07, 6.45) is 6.37. The molecule has 0 radical (unpaired) electrons. The van der Waals surface area contributed by atoms with E-state index < -0.39 is 0 Å². The van der Waals surface area contributed by atoms with Gasteiger partial charge in [-0.05, 0) is 42.8 Å². The maximum absolute atomic E-state index is 13.3. The summed E-state index contributed by atoms with van der Waals surface area (Å²) in [5.41, 5.74) is 4.47. The number of hydrogen-bond acceptors (Lipinski definition) is 6. The molecule has 4 heterocycles. The fourth-order valence-electron chi connectivity index (χ4n) is 4.71. The molecule has 36 heavy (non-hydrogen) atoms. The second-order valence-corrected chi connectivity index (χ2v) is 9.30. The van der Waals surface area contributed by atoms with Crippen LogP contribution in [-0.2, 0) is 11.3 Å². The number of rotatable bonds is 7. The van der Waals surface area contributed by atoms with E-state index in [2.05, 4.69) is 37.3 Å². The highest BCUT2D eigenvalue weighted by atomic mass is 35.5. The Hall–Kier alpha value is -3.82. The molecule has 10 heteroatoms. The zero-order chi connectivity index (χ0) is 24.5. The highest BCUT2D eigenvalue weighted by molar-refractivity contribution is 6.31. The van der Waals surface area contributed by atoms with E-state index in [1.165, 1.54) is 0 Å². The number of benzene rings is 2. The average molecular weight is 504 g/mol. The summed E-state index contributed by atoms with van der Waals surface area (Å²) < 4.78 is 7.51. The lowest BCUT2D eigenvalue weighted by atomic mass is 10.1. The van der Waals surface area contributed by atoms with Crippen LogP contribution in [0.4, 0.5) is 11.4 Å². The van der Waals surface area contributed by atoms with Crippen LogP contribution < -0.4 is 15.8 Å². The lowest BCUT2D eigenvalue weighted by Gasteiger charge is -2.28. The van der Waals surface area contributed by atoms with E-state index in [1.807, 2.05) is 29.0 Å². The number of anilines is 2. The van der Waals surface area contributed by atoms with Crippen molar-refractivity contribution in [3.05, 3.63) is 70.5 Å². The van der Waals surface area contributed by atoms with Crippen molar-refractivity contribution >= 4 is 44.9 Å². The summed E-state index contributed by atoms with van der Waals surface area (Å²) in [7, 11) is 0. The molecule has 3 aromatic heterocycles. The van der Waals surface area contributed by atoms with Gasteiger partial charge in [-0.25, -0.2) is 9.97 Å². The SMILES string of the molecule is O=c1[nH]c2cc(Cl)ccc2c(NCCCn2ccnc2)c1-c1nc2cc(N3CCOCC3)ccc2[nH]1. The maximum Gasteiger partial charge on any atom is 0.261 e. The summed E-state index contributed by atoms with van der Waals surface area (Å²) in [6.45, 7) is 4.64. The Morgan fingerprint density at radius 3 is 2.81 bits per heavy atom. The number of morpholine rings is 1. The van der Waals surface area contributed by atoms with E-state index in [4.69, 9.17) is 21.3 Å². The van der Waals surface area contributed by atoms with Gasteiger partial charge in [0, 0.05) is 54.7 Å². The lowest BCUT2D eigenvalue weighted by Crippen LogP contribution is -2.36. The number of aromatic amines is 2. The van der Waals surface area contributed by atoms with E-state index >= 15 is 0 Å². The number of aromatic nitrogens is 5. The van der Waals surface area contributed by atoms with Crippen LogP contribution in [0.15, 0.2) is 59.9 Å². The lowest BCUT2D eigenvalue weighted by molar-refractivity contribution is 0.122. The first-order chi connectivity index (χ1) is 17.7. The van der Waals surface area contributed by atoms with Crippen molar-refractivity contribution in [2.24, 2.45) is 0 Å². The van der Waals surface area contributed by atoms with Crippen LogP contribution in [0.1, 0.15) is 6.42 Å². The monoisotopic (exact) mass is 503 g/mol. The topological polar surface area (TPSA) is 104 Å². The molecule has 1 aliphatic heterocycles. The van der Waals surface area contributed by atoms with Crippen LogP contribution in [0, 0.1) is 0 Å². The van der Waals surface area contributed by atoms with E-state index in [-0.39, 0.29) is 5.56 Å². The van der Waals surface area contributed by atoms with Crippen molar-refractivity contribution in [1.82, 2.24) is 24.5 Å². The first kappa shape index (κ1) is 22.6. The third-order valence-corrected chi connectivity index (χ3v) is 6.75. The number of pyridine rings is 1. The van der Waals surface area contributed by atoms with Crippen LogP contribution >= 0.6 is 11.6 Å². The number of H-pyrrole nitrogens is 2. The van der Waals surface area contributed by atoms with Crippen LogP contribution in [0.25, 0.3) is 33.3 Å². The zero-order valence-electron chi connectivity index (χ0n) is 19.6. The highest BCUT2D eigenvalue weighted by Crippen LogP contribution is 2.32. The number of nitrogens with zero attached hydrogens (tertiary/aromatic N) is 4. The number of hydrogen-bond donors (Lipinski definition) is 3. The predicted octanol–water partition coefficient (Wildman–Crippen LogP) is 4.26. The minimum atomic E-state index is -0.227. The van der Waals surface area contributed by atoms with E-state index in [9.17, 15) is 4.79 Å². The molecule has 1 fully saturated rings. The van der Waals surface area contributed by atoms with E-state index in [0.29, 0.717) is 28.5 Å². The molecular weight excluding hydrogens is 478 g/mol. The molecule has 3 N–H and O–H groups in total. The Bertz CT molecular complexity index is 1570. The quantitative estimate of drug-likeness (QED) is 0.287. The first-order valence-electron chi connectivity index (χ1n) is 12.0. The average Bonchev–Trinajstić information content (AvgIpc) is 3.56. The molecule has 1 aliphatic rings. The Morgan fingerprint density at radius 1 is 1.08 bits per heavy atom. The van der Waals surface area contributed by atoms with Gasteiger partial charge in [-0.3, -0.25) is 4.79 Å². The van der Waals surface area contributed by atoms with Crippen molar-refractivity contribution in [2.75, 3.05) is 43.1 Å². The molecule has 1 saturated heterocycles. The summed E-state index contributed by atoms with van der Waals surface area (Å²) in [5, 5.41) is 4.95. The standard InChI is InChI=1S/C26H26ClN7O2/c27-17-2-4-19-21(14-17)32-26(35)23(24(19)29-6-1-8-33-9-7-28-16-33)25-30-20-5-3-18(15-22(20)31-25)34-10-12-36-13-11-34/h2-5,7,9,14-16H,1,6,8,10-13H2,(H,30,31)(H2,29,32,35). The Morgan fingerprint density at radius 2 is 1.97 bits per heavy atom. The molecule has 9 nitrogen and oxygen atoms in total. The van der Waals surface area contributed by atoms with Gasteiger partial charge in [0.2, 0.25) is 0 Å². The van der Waals surface area contributed by atoms with Crippen LogP contribution in [0.3, 0.4) is 0 Å². The molecule has 184 valence electrons. The molecular formula is C26H26ClN7O2. The largest absolute Gasteiger partial charge is 0.384 e. The fraction of sp³-hybridized carbons (Fsp3) is 0.269. The number of nitrogens with one attached hydrogen (secondary N) is 3. The Kier molecular flexibility index (Phi) is 6.08. The van der Waals surface area contributed by atoms with Crippen molar-refractivity contribution in [2.45, 2.75) is 13.0 Å². The van der Waals surface area contributed by atoms with Gasteiger partial charge in [0.05, 0.1) is 41.8 Å². The molecule has 0 amide bonds. The number of ether oxygens (including phenoxy) is 1. The van der Waals surface area contributed by atoms with Crippen LogP contribution in [0.2, 0.25) is 5.02 Å². The van der Waals surface area contributed by atoms with Gasteiger partial charge in [-0.1, -0.05) is 11.6 Å². The summed E-state index contributed by atoms with van der Waals surface area (Å²) in [6, 6.07) is 11.7. The van der Waals surface area contributed by atoms with Crippen molar-refractivity contribution < 1.29 is 4.74 Å². The molecule has 0 aliphatic carbocycles. The predicted molar refractivity (Wildman–Crippen MR) is 143 cm³/mol. The van der Waals surface area contributed by atoms with Gasteiger partial charge in [-0.15, -0.1) is 0 Å². The first-order valence-corrected chi connectivity index (χ1v) is 12.4. The van der Waals surface area contributed by atoms with Crippen molar-refractivity contribution in [3.63, 3.8) is 0 Å². The minimum absolute atomic E-state index is 0.227. The number of imidazole rings is 2. The van der Waals surface area contributed by atoms with E-state index in [0.717, 1.165) is 67.1 Å². The second-order valence-electron chi connectivity index (χ2n) is 8.86. The van der Waals surface area contributed by atoms with Crippen LogP contribution in [-0.4, -0.2) is 57.4 Å². The smallest absolute Gasteiger partial charge is 0.261 e. The minimum Gasteiger partial charge on any atom is -0.384 e. The normalized spacial score (nSPS) is 14.1.